The molecule has 68 heavy (non-hydrogen) atoms. The van der Waals surface area contributed by atoms with E-state index in [1.54, 1.807) is 14.7 Å². The van der Waals surface area contributed by atoms with Crippen molar-refractivity contribution in [3.8, 4) is 0 Å². The van der Waals surface area contributed by atoms with Gasteiger partial charge in [0, 0.05) is 78.3 Å². The van der Waals surface area contributed by atoms with Gasteiger partial charge in [0.25, 0.3) is 0 Å². The van der Waals surface area contributed by atoms with E-state index in [0.717, 1.165) is 38.5 Å². The SMILES string of the molecule is CCCCCCCCCCCCCCCC(=O)N[C@@H](CCC(=O)N[C@@H](CCCCNC(=O)CN1CCN(CC(=O)O)CCN(CC(=O)O)CCN(CC(=O)O)CC1)C(=O)NCCCCC)C(=O)O. The van der Waals surface area contributed by atoms with Crippen molar-refractivity contribution >= 4 is 47.5 Å². The number of hydrogen-bond acceptors (Lipinski definition) is 12. The van der Waals surface area contributed by atoms with Gasteiger partial charge in [-0.2, -0.15) is 0 Å². The first kappa shape index (κ1) is 61.6. The van der Waals surface area contributed by atoms with E-state index >= 15 is 0 Å². The van der Waals surface area contributed by atoms with E-state index in [9.17, 15) is 58.8 Å². The lowest BCUT2D eigenvalue weighted by Gasteiger charge is -2.32. The number of carboxylic acid groups (broad SMARTS) is 4. The number of carbonyl (C=O) groups excluding carboxylic acids is 4. The van der Waals surface area contributed by atoms with Crippen molar-refractivity contribution in [3.63, 3.8) is 0 Å². The Balaban J connectivity index is 2.67. The summed E-state index contributed by atoms with van der Waals surface area (Å²) >= 11 is 0. The number of amides is 4. The molecule has 20 nitrogen and oxygen atoms in total. The number of unbranched alkanes of at least 4 members (excludes halogenated alkanes) is 15. The van der Waals surface area contributed by atoms with Gasteiger partial charge in [-0.1, -0.05) is 104 Å². The molecule has 0 aromatic heterocycles. The third-order valence-electron chi connectivity index (χ3n) is 12.1. The molecule has 1 saturated heterocycles. The van der Waals surface area contributed by atoms with E-state index in [1.165, 1.54) is 57.8 Å². The molecule has 1 rings (SSSR count). The average Bonchev–Trinajstić information content (AvgIpc) is 3.27. The highest BCUT2D eigenvalue weighted by Crippen LogP contribution is 2.13. The first-order valence-corrected chi connectivity index (χ1v) is 25.5. The molecule has 0 aromatic rings. The Hall–Kier alpha value is -4.40. The summed E-state index contributed by atoms with van der Waals surface area (Å²) in [6, 6.07) is -2.14. The van der Waals surface area contributed by atoms with Crippen LogP contribution in [0, 0.1) is 0 Å². The molecule has 8 N–H and O–H groups in total. The fraction of sp³-hybridized carbons (Fsp3) is 0.833. The highest BCUT2D eigenvalue weighted by atomic mass is 16.4. The molecule has 392 valence electrons. The topological polar surface area (TPSA) is 279 Å². The number of nitrogens with zero attached hydrogens (tertiary/aromatic N) is 4. The Kier molecular flexibility index (Phi) is 35.7. The van der Waals surface area contributed by atoms with Gasteiger partial charge in [-0.15, -0.1) is 0 Å². The zero-order valence-electron chi connectivity index (χ0n) is 41.5. The second kappa shape index (κ2) is 39.4. The number of carboxylic acids is 4. The normalized spacial score (nSPS) is 15.6. The maximum Gasteiger partial charge on any atom is 0.326 e. The molecule has 20 heteroatoms. The summed E-state index contributed by atoms with van der Waals surface area (Å²) in [5.74, 6) is -5.92. The van der Waals surface area contributed by atoms with Gasteiger partial charge >= 0.3 is 23.9 Å². The van der Waals surface area contributed by atoms with Crippen LogP contribution >= 0.6 is 0 Å². The molecule has 1 heterocycles. The number of aliphatic carboxylic acids is 4. The highest BCUT2D eigenvalue weighted by Gasteiger charge is 2.25. The molecule has 0 aliphatic carbocycles. The summed E-state index contributed by atoms with van der Waals surface area (Å²) in [6.07, 6.45) is 18.9. The van der Waals surface area contributed by atoms with Gasteiger partial charge < -0.3 is 41.7 Å². The molecule has 2 atom stereocenters. The van der Waals surface area contributed by atoms with Gasteiger partial charge in [-0.05, 0) is 38.5 Å². The van der Waals surface area contributed by atoms with Crippen LogP contribution in [-0.2, 0) is 38.4 Å². The van der Waals surface area contributed by atoms with Gasteiger partial charge in [0.05, 0.1) is 26.2 Å². The quantitative estimate of drug-likeness (QED) is 0.0412. The molecule has 0 aromatic carbocycles. The Bertz CT molecular complexity index is 1440. The molecular weight excluding hydrogens is 881 g/mol. The van der Waals surface area contributed by atoms with Gasteiger partial charge in [0.15, 0.2) is 0 Å². The average molecular weight is 969 g/mol. The Labute approximate surface area is 405 Å². The van der Waals surface area contributed by atoms with Crippen molar-refractivity contribution in [2.24, 2.45) is 0 Å². The lowest BCUT2D eigenvalue weighted by molar-refractivity contribution is -0.142. The molecule has 4 amide bonds. The van der Waals surface area contributed by atoms with Crippen LogP contribution in [0.5, 0.6) is 0 Å². The number of rotatable bonds is 38. The van der Waals surface area contributed by atoms with Crippen molar-refractivity contribution in [2.45, 2.75) is 167 Å². The number of hydrogen-bond donors (Lipinski definition) is 8. The summed E-state index contributed by atoms with van der Waals surface area (Å²) in [5, 5.41) is 49.2. The number of nitrogens with one attached hydrogen (secondary N) is 4. The fourth-order valence-corrected chi connectivity index (χ4v) is 8.09. The lowest BCUT2D eigenvalue weighted by Crippen LogP contribution is -2.49. The molecular formula is C48H88N8O12. The molecule has 0 saturated carbocycles. The van der Waals surface area contributed by atoms with Gasteiger partial charge in [0.1, 0.15) is 12.1 Å². The Morgan fingerprint density at radius 1 is 0.397 bits per heavy atom. The van der Waals surface area contributed by atoms with Crippen LogP contribution in [0.4, 0.5) is 0 Å². The minimum atomic E-state index is -1.24. The molecule has 1 aliphatic heterocycles. The molecule has 0 spiro atoms. The van der Waals surface area contributed by atoms with Crippen molar-refractivity contribution in [1.29, 1.82) is 0 Å². The lowest BCUT2D eigenvalue weighted by atomic mass is 10.0. The van der Waals surface area contributed by atoms with E-state index in [4.69, 9.17) is 0 Å². The second-order valence-corrected chi connectivity index (χ2v) is 18.2. The molecule has 1 aliphatic rings. The van der Waals surface area contributed by atoms with Crippen LogP contribution in [-0.4, -0.2) is 191 Å². The van der Waals surface area contributed by atoms with E-state index < -0.39 is 41.9 Å². The van der Waals surface area contributed by atoms with Crippen molar-refractivity contribution in [1.82, 2.24) is 40.9 Å². The zero-order chi connectivity index (χ0) is 50.4. The molecule has 0 unspecified atom stereocenters. The van der Waals surface area contributed by atoms with Crippen molar-refractivity contribution in [2.75, 3.05) is 91.6 Å². The van der Waals surface area contributed by atoms with E-state index in [-0.39, 0.29) is 115 Å². The summed E-state index contributed by atoms with van der Waals surface area (Å²) in [5.41, 5.74) is 0. The predicted molar refractivity (Wildman–Crippen MR) is 259 cm³/mol. The third-order valence-corrected chi connectivity index (χ3v) is 12.1. The largest absolute Gasteiger partial charge is 0.480 e. The second-order valence-electron chi connectivity index (χ2n) is 18.2. The molecule has 0 radical (unpaired) electrons. The third kappa shape index (κ3) is 34.0. The van der Waals surface area contributed by atoms with E-state index in [1.807, 2.05) is 11.8 Å². The first-order chi connectivity index (χ1) is 32.6. The van der Waals surface area contributed by atoms with Gasteiger partial charge in [-0.3, -0.25) is 53.2 Å². The van der Waals surface area contributed by atoms with Crippen LogP contribution in [0.25, 0.3) is 0 Å². The van der Waals surface area contributed by atoms with Crippen LogP contribution in [0.3, 0.4) is 0 Å². The summed E-state index contributed by atoms with van der Waals surface area (Å²) in [7, 11) is 0. The maximum absolute atomic E-state index is 13.2. The first-order valence-electron chi connectivity index (χ1n) is 25.5. The van der Waals surface area contributed by atoms with E-state index in [0.29, 0.717) is 38.9 Å². The van der Waals surface area contributed by atoms with E-state index in [2.05, 4.69) is 28.2 Å². The fourth-order valence-electron chi connectivity index (χ4n) is 8.09. The standard InChI is InChI=1S/C48H88N8O12/c1-3-5-7-8-9-10-11-12-13-14-15-16-17-22-41(57)52-40(48(67)68)23-24-42(58)51-39(47(66)50-26-19-6-4-2)21-18-20-25-49-43(59)35-53-27-29-54(36-44(60)61)31-33-56(38-46(64)65)34-32-55(30-28-53)37-45(62)63/h39-40H,3-38H2,1-2H3,(H,49,59)(H,50,66)(H,51,58)(H,52,57)(H,60,61)(H,62,63)(H,64,65)(H,67,68)/t39-,40-/m0/s1. The molecule has 1 fully saturated rings. The maximum atomic E-state index is 13.2. The van der Waals surface area contributed by atoms with Gasteiger partial charge in [-0.25, -0.2) is 4.79 Å². The summed E-state index contributed by atoms with van der Waals surface area (Å²) in [6.45, 7) is 6.31. The summed E-state index contributed by atoms with van der Waals surface area (Å²) in [4.78, 5) is 106. The Morgan fingerprint density at radius 3 is 1.21 bits per heavy atom. The minimum absolute atomic E-state index is 0.0386. The van der Waals surface area contributed by atoms with Crippen LogP contribution in [0.2, 0.25) is 0 Å². The van der Waals surface area contributed by atoms with Crippen LogP contribution in [0.15, 0.2) is 0 Å². The predicted octanol–water partition coefficient (Wildman–Crippen LogP) is 3.37. The Morgan fingerprint density at radius 2 is 0.765 bits per heavy atom. The smallest absolute Gasteiger partial charge is 0.326 e. The zero-order valence-corrected chi connectivity index (χ0v) is 41.5. The van der Waals surface area contributed by atoms with Crippen LogP contribution < -0.4 is 21.3 Å². The monoisotopic (exact) mass is 969 g/mol. The van der Waals surface area contributed by atoms with Gasteiger partial charge in [0.2, 0.25) is 23.6 Å². The number of carbonyl (C=O) groups is 8. The van der Waals surface area contributed by atoms with Crippen molar-refractivity contribution < 1.29 is 58.8 Å². The van der Waals surface area contributed by atoms with Crippen molar-refractivity contribution in [3.05, 3.63) is 0 Å². The minimum Gasteiger partial charge on any atom is -0.480 e. The molecule has 0 bridgehead atoms. The summed E-state index contributed by atoms with van der Waals surface area (Å²) < 4.78 is 0. The van der Waals surface area contributed by atoms with Crippen LogP contribution in [0.1, 0.15) is 155 Å². The highest BCUT2D eigenvalue weighted by molar-refractivity contribution is 5.88.